The lowest BCUT2D eigenvalue weighted by Crippen LogP contribution is -2.11. The molecule has 3 aromatic rings. The second-order valence-electron chi connectivity index (χ2n) is 4.48. The molecule has 10 nitrogen and oxygen atoms in total. The molecule has 0 saturated carbocycles. The second kappa shape index (κ2) is 6.36. The van der Waals surface area contributed by atoms with E-state index in [0.29, 0.717) is 5.69 Å². The largest absolute Gasteiger partial charge is 0.435 e. The van der Waals surface area contributed by atoms with Gasteiger partial charge in [0.05, 0.1) is 18.0 Å². The molecule has 0 aliphatic rings. The van der Waals surface area contributed by atoms with E-state index in [1.54, 1.807) is 0 Å². The molecular weight excluding hydrogens is 328 g/mol. The summed E-state index contributed by atoms with van der Waals surface area (Å²) in [7, 11) is 0. The summed E-state index contributed by atoms with van der Waals surface area (Å²) in [6.45, 7) is -2.95. The number of halogens is 2. The topological polar surface area (TPSA) is 114 Å². The monoisotopic (exact) mass is 337 g/mol. The van der Waals surface area contributed by atoms with Gasteiger partial charge in [0.2, 0.25) is 0 Å². The number of nitro groups is 1. The van der Waals surface area contributed by atoms with Crippen LogP contribution in [0.5, 0.6) is 5.75 Å². The summed E-state index contributed by atoms with van der Waals surface area (Å²) in [5.74, 6) is 0.0700. The van der Waals surface area contributed by atoms with Crippen molar-refractivity contribution < 1.29 is 18.4 Å². The molecule has 2 aromatic heterocycles. The Balaban J connectivity index is 1.85. The van der Waals surface area contributed by atoms with Crippen molar-refractivity contribution in [3.63, 3.8) is 0 Å². The van der Waals surface area contributed by atoms with Crippen molar-refractivity contribution in [2.45, 2.75) is 13.2 Å². The van der Waals surface area contributed by atoms with Gasteiger partial charge in [0.1, 0.15) is 5.75 Å². The highest BCUT2D eigenvalue weighted by atomic mass is 19.3. The van der Waals surface area contributed by atoms with Gasteiger partial charge < -0.3 is 14.9 Å². The molecule has 0 fully saturated rings. The van der Waals surface area contributed by atoms with Crippen molar-refractivity contribution in [2.75, 3.05) is 0 Å². The van der Waals surface area contributed by atoms with Crippen LogP contribution in [0.15, 0.2) is 36.5 Å². The first-order valence-electron chi connectivity index (χ1n) is 6.53. The van der Waals surface area contributed by atoms with Crippen LogP contribution in [0, 0.1) is 10.1 Å². The van der Waals surface area contributed by atoms with Crippen molar-refractivity contribution >= 4 is 5.82 Å². The average Bonchev–Trinajstić information content (AvgIpc) is 3.17. The van der Waals surface area contributed by atoms with Gasteiger partial charge in [0.15, 0.2) is 12.4 Å². The maximum atomic E-state index is 12.1. The van der Waals surface area contributed by atoms with E-state index in [4.69, 9.17) is 0 Å². The maximum Gasteiger partial charge on any atom is 0.387 e. The Labute approximate surface area is 132 Å². The smallest absolute Gasteiger partial charge is 0.387 e. The van der Waals surface area contributed by atoms with Crippen LogP contribution in [0.2, 0.25) is 0 Å². The van der Waals surface area contributed by atoms with Gasteiger partial charge in [-0.05, 0) is 39.6 Å². The van der Waals surface area contributed by atoms with Crippen LogP contribution in [-0.2, 0) is 6.54 Å². The molecular formula is C12H9F2N7O3. The van der Waals surface area contributed by atoms with Gasteiger partial charge in [0.25, 0.3) is 0 Å². The zero-order chi connectivity index (χ0) is 17.1. The molecule has 0 spiro atoms. The quantitative estimate of drug-likeness (QED) is 0.493. The van der Waals surface area contributed by atoms with Crippen LogP contribution in [-0.4, -0.2) is 41.5 Å². The Hall–Kier alpha value is -3.44. The van der Waals surface area contributed by atoms with E-state index in [0.717, 1.165) is 4.68 Å². The van der Waals surface area contributed by atoms with Crippen LogP contribution in [0.3, 0.4) is 0 Å². The van der Waals surface area contributed by atoms with E-state index in [1.165, 1.54) is 41.2 Å². The molecule has 3 rings (SSSR count). The number of alkyl halides is 2. The van der Waals surface area contributed by atoms with Gasteiger partial charge in [-0.3, -0.25) is 0 Å². The summed E-state index contributed by atoms with van der Waals surface area (Å²) in [5.41, 5.74) is 0.478. The first-order chi connectivity index (χ1) is 11.5. The molecule has 0 saturated heterocycles. The van der Waals surface area contributed by atoms with Crippen LogP contribution >= 0.6 is 0 Å². The highest BCUT2D eigenvalue weighted by molar-refractivity contribution is 5.37. The molecule has 0 atom stereocenters. The predicted molar refractivity (Wildman–Crippen MR) is 73.8 cm³/mol. The molecule has 124 valence electrons. The zero-order valence-corrected chi connectivity index (χ0v) is 11.9. The lowest BCUT2D eigenvalue weighted by atomic mass is 10.3. The standard InChI is InChI=1S/C12H9F2N7O3/c13-12(14)24-9-3-1-8(2-4-9)20-10(16-17-18-20)7-19-11(21(22)23)5-6-15-19/h1-6,12H,7H2. The number of ether oxygens (including phenoxy) is 1. The van der Waals surface area contributed by atoms with Gasteiger partial charge in [-0.15, -0.1) is 9.78 Å². The number of benzene rings is 1. The molecule has 0 unspecified atom stereocenters. The first kappa shape index (κ1) is 15.5. The van der Waals surface area contributed by atoms with Crippen LogP contribution in [0.4, 0.5) is 14.6 Å². The number of hydrogen-bond donors (Lipinski definition) is 0. The Bertz CT molecular complexity index is 846. The third kappa shape index (κ3) is 3.16. The third-order valence-electron chi connectivity index (χ3n) is 3.01. The van der Waals surface area contributed by atoms with Gasteiger partial charge in [-0.1, -0.05) is 5.10 Å². The molecule has 1 aromatic carbocycles. The van der Waals surface area contributed by atoms with Crippen molar-refractivity contribution in [2.24, 2.45) is 0 Å². The summed E-state index contributed by atoms with van der Waals surface area (Å²) in [5, 5.41) is 25.9. The van der Waals surface area contributed by atoms with Crippen molar-refractivity contribution in [1.29, 1.82) is 0 Å². The summed E-state index contributed by atoms with van der Waals surface area (Å²) in [4.78, 5) is 10.3. The van der Waals surface area contributed by atoms with E-state index in [-0.39, 0.29) is 23.9 Å². The number of nitrogens with zero attached hydrogens (tertiary/aromatic N) is 7. The van der Waals surface area contributed by atoms with Crippen LogP contribution < -0.4 is 4.74 Å². The minimum absolute atomic E-state index is 0.00825. The van der Waals surface area contributed by atoms with E-state index >= 15 is 0 Å². The fourth-order valence-corrected chi connectivity index (χ4v) is 2.01. The minimum atomic E-state index is -2.92. The molecule has 0 aliphatic heterocycles. The van der Waals surface area contributed by atoms with Gasteiger partial charge in [0, 0.05) is 0 Å². The molecule has 0 amide bonds. The highest BCUT2D eigenvalue weighted by Crippen LogP contribution is 2.18. The summed E-state index contributed by atoms with van der Waals surface area (Å²) >= 11 is 0. The predicted octanol–water partition coefficient (Wildman–Crippen LogP) is 1.42. The number of rotatable bonds is 6. The Morgan fingerprint density at radius 1 is 1.25 bits per heavy atom. The van der Waals surface area contributed by atoms with Crippen molar-refractivity contribution in [1.82, 2.24) is 30.0 Å². The third-order valence-corrected chi connectivity index (χ3v) is 3.01. The van der Waals surface area contributed by atoms with Crippen molar-refractivity contribution in [3.8, 4) is 11.4 Å². The lowest BCUT2D eigenvalue weighted by molar-refractivity contribution is -0.392. The lowest BCUT2D eigenvalue weighted by Gasteiger charge is -2.06. The van der Waals surface area contributed by atoms with E-state index in [2.05, 4.69) is 25.4 Å². The fourth-order valence-electron chi connectivity index (χ4n) is 2.01. The Morgan fingerprint density at radius 2 is 2.00 bits per heavy atom. The molecule has 0 aliphatic carbocycles. The molecule has 0 radical (unpaired) electrons. The summed E-state index contributed by atoms with van der Waals surface area (Å²) in [6, 6.07) is 6.89. The van der Waals surface area contributed by atoms with Crippen molar-refractivity contribution in [3.05, 3.63) is 52.5 Å². The van der Waals surface area contributed by atoms with E-state index < -0.39 is 11.5 Å². The SMILES string of the molecule is O=[N+]([O-])c1ccnn1Cc1nnnn1-c1ccc(OC(F)F)cc1. The molecule has 12 heteroatoms. The summed E-state index contributed by atoms with van der Waals surface area (Å²) < 4.78 is 31.0. The molecule has 0 bridgehead atoms. The average molecular weight is 337 g/mol. The van der Waals surface area contributed by atoms with Crippen LogP contribution in [0.1, 0.15) is 5.82 Å². The zero-order valence-electron chi connectivity index (χ0n) is 11.9. The Kier molecular flexibility index (Phi) is 4.09. The van der Waals surface area contributed by atoms with E-state index in [9.17, 15) is 18.9 Å². The molecule has 24 heavy (non-hydrogen) atoms. The Morgan fingerprint density at radius 3 is 2.67 bits per heavy atom. The summed E-state index contributed by atoms with van der Waals surface area (Å²) in [6.07, 6.45) is 1.29. The van der Waals surface area contributed by atoms with Gasteiger partial charge in [-0.25, -0.2) is 0 Å². The number of hydrogen-bond acceptors (Lipinski definition) is 7. The fraction of sp³-hybridized carbons (Fsp3) is 0.167. The minimum Gasteiger partial charge on any atom is -0.435 e. The first-order valence-corrected chi connectivity index (χ1v) is 6.53. The maximum absolute atomic E-state index is 12.1. The molecule has 0 N–H and O–H groups in total. The van der Waals surface area contributed by atoms with Crippen LogP contribution in [0.25, 0.3) is 5.69 Å². The normalized spacial score (nSPS) is 11.0. The number of aromatic nitrogens is 6. The molecule has 2 heterocycles. The second-order valence-corrected chi connectivity index (χ2v) is 4.48. The van der Waals surface area contributed by atoms with E-state index in [1.807, 2.05) is 0 Å². The highest BCUT2D eigenvalue weighted by Gasteiger charge is 2.18. The van der Waals surface area contributed by atoms with Gasteiger partial charge >= 0.3 is 12.4 Å². The number of tetrazole rings is 1. The van der Waals surface area contributed by atoms with Gasteiger partial charge in [-0.2, -0.15) is 13.5 Å².